The second kappa shape index (κ2) is 7.68. The first-order chi connectivity index (χ1) is 8.65. The van der Waals surface area contributed by atoms with Crippen molar-refractivity contribution in [1.82, 2.24) is 0 Å². The maximum Gasteiger partial charge on any atom is 0.250 e. The summed E-state index contributed by atoms with van der Waals surface area (Å²) in [6.07, 6.45) is 0.252. The second-order valence-corrected chi connectivity index (χ2v) is 3.93. The summed E-state index contributed by atoms with van der Waals surface area (Å²) >= 11 is 5.47. The smallest absolute Gasteiger partial charge is 0.250 e. The summed E-state index contributed by atoms with van der Waals surface area (Å²) in [6.45, 7) is -0.0111. The zero-order valence-electron chi connectivity index (χ0n) is 10.0. The number of hydrogen-bond donors (Lipinski definition) is 2. The Morgan fingerprint density at radius 2 is 1.83 bits per heavy atom. The number of benzene rings is 1. The maximum atomic E-state index is 11.3. The number of rotatable bonds is 6. The zero-order chi connectivity index (χ0) is 13.4. The van der Waals surface area contributed by atoms with Gasteiger partial charge in [0, 0.05) is 30.8 Å². The standard InChI is InChI=1S/C12H15ClN2O3/c1-18-8-12(17)15-10-4-2-3-9(7-10)14-11(16)5-6-13/h2-4,7H,5-6,8H2,1H3,(H,14,16)(H,15,17). The first-order valence-corrected chi connectivity index (χ1v) is 5.94. The predicted octanol–water partition coefficient (Wildman–Crippen LogP) is 1.84. The van der Waals surface area contributed by atoms with Gasteiger partial charge in [0.25, 0.3) is 0 Å². The molecule has 0 saturated heterocycles. The summed E-state index contributed by atoms with van der Waals surface area (Å²) in [5, 5.41) is 5.33. The number of methoxy groups -OCH3 is 1. The Labute approximate surface area is 110 Å². The van der Waals surface area contributed by atoms with Gasteiger partial charge in [0.2, 0.25) is 11.8 Å². The molecule has 2 N–H and O–H groups in total. The quantitative estimate of drug-likeness (QED) is 0.775. The van der Waals surface area contributed by atoms with Crippen LogP contribution in [0.4, 0.5) is 11.4 Å². The molecular weight excluding hydrogens is 256 g/mol. The third-order valence-electron chi connectivity index (χ3n) is 2.03. The molecule has 1 aromatic carbocycles. The van der Waals surface area contributed by atoms with Crippen LogP contribution in [-0.4, -0.2) is 31.4 Å². The Bertz CT molecular complexity index is 388. The molecule has 0 aliphatic heterocycles. The first kappa shape index (κ1) is 14.5. The molecule has 18 heavy (non-hydrogen) atoms. The summed E-state index contributed by atoms with van der Waals surface area (Å²) in [6, 6.07) is 6.86. The lowest BCUT2D eigenvalue weighted by atomic mass is 10.2. The van der Waals surface area contributed by atoms with Crippen molar-refractivity contribution in [3.8, 4) is 0 Å². The van der Waals surface area contributed by atoms with Gasteiger partial charge in [0.05, 0.1) is 0 Å². The van der Waals surface area contributed by atoms with E-state index in [-0.39, 0.29) is 30.7 Å². The minimum Gasteiger partial charge on any atom is -0.375 e. The van der Waals surface area contributed by atoms with Crippen LogP contribution in [0.5, 0.6) is 0 Å². The number of anilines is 2. The molecular formula is C12H15ClN2O3. The largest absolute Gasteiger partial charge is 0.375 e. The summed E-state index contributed by atoms with van der Waals surface area (Å²) in [7, 11) is 1.45. The normalized spacial score (nSPS) is 9.89. The van der Waals surface area contributed by atoms with Crippen LogP contribution in [0.15, 0.2) is 24.3 Å². The Hall–Kier alpha value is -1.59. The lowest BCUT2D eigenvalue weighted by Crippen LogP contribution is -2.17. The molecule has 2 amide bonds. The highest BCUT2D eigenvalue weighted by molar-refractivity contribution is 6.19. The van der Waals surface area contributed by atoms with Crippen LogP contribution in [0.3, 0.4) is 0 Å². The number of carbonyl (C=O) groups excluding carboxylic acids is 2. The Morgan fingerprint density at radius 3 is 2.39 bits per heavy atom. The van der Waals surface area contributed by atoms with E-state index >= 15 is 0 Å². The Morgan fingerprint density at radius 1 is 1.22 bits per heavy atom. The van der Waals surface area contributed by atoms with Crippen molar-refractivity contribution in [3.05, 3.63) is 24.3 Å². The van der Waals surface area contributed by atoms with Crippen LogP contribution in [0.1, 0.15) is 6.42 Å². The molecule has 1 aromatic rings. The van der Waals surface area contributed by atoms with E-state index < -0.39 is 0 Å². The van der Waals surface area contributed by atoms with Crippen molar-refractivity contribution in [3.63, 3.8) is 0 Å². The monoisotopic (exact) mass is 270 g/mol. The van der Waals surface area contributed by atoms with Crippen molar-refractivity contribution < 1.29 is 14.3 Å². The molecule has 0 heterocycles. The van der Waals surface area contributed by atoms with Crippen molar-refractivity contribution in [2.75, 3.05) is 30.2 Å². The van der Waals surface area contributed by atoms with Gasteiger partial charge in [-0.05, 0) is 18.2 Å². The SMILES string of the molecule is COCC(=O)Nc1cccc(NC(=O)CCCl)c1. The molecule has 0 unspecified atom stereocenters. The molecule has 0 bridgehead atoms. The van der Waals surface area contributed by atoms with E-state index in [2.05, 4.69) is 10.6 Å². The molecule has 0 atom stereocenters. The maximum absolute atomic E-state index is 11.3. The third kappa shape index (κ3) is 5.16. The Kier molecular flexibility index (Phi) is 6.18. The van der Waals surface area contributed by atoms with Gasteiger partial charge in [0.1, 0.15) is 6.61 Å². The van der Waals surface area contributed by atoms with Crippen LogP contribution in [0.2, 0.25) is 0 Å². The van der Waals surface area contributed by atoms with E-state index in [1.165, 1.54) is 7.11 Å². The van der Waals surface area contributed by atoms with E-state index in [4.69, 9.17) is 16.3 Å². The molecule has 1 rings (SSSR count). The topological polar surface area (TPSA) is 67.4 Å². The molecule has 0 radical (unpaired) electrons. The second-order valence-electron chi connectivity index (χ2n) is 3.55. The van der Waals surface area contributed by atoms with Crippen LogP contribution < -0.4 is 10.6 Å². The molecule has 0 aliphatic rings. The summed E-state index contributed by atoms with van der Waals surface area (Å²) in [4.78, 5) is 22.7. The molecule has 0 spiro atoms. The molecule has 0 saturated carbocycles. The van der Waals surface area contributed by atoms with Gasteiger partial charge in [0.15, 0.2) is 0 Å². The first-order valence-electron chi connectivity index (χ1n) is 5.40. The number of nitrogens with one attached hydrogen (secondary N) is 2. The number of ether oxygens (including phenoxy) is 1. The highest BCUT2D eigenvalue weighted by Crippen LogP contribution is 2.15. The van der Waals surface area contributed by atoms with E-state index in [0.29, 0.717) is 11.4 Å². The van der Waals surface area contributed by atoms with E-state index in [0.717, 1.165) is 0 Å². The van der Waals surface area contributed by atoms with Gasteiger partial charge >= 0.3 is 0 Å². The van der Waals surface area contributed by atoms with Gasteiger partial charge in [-0.25, -0.2) is 0 Å². The van der Waals surface area contributed by atoms with Crippen LogP contribution in [-0.2, 0) is 14.3 Å². The zero-order valence-corrected chi connectivity index (χ0v) is 10.8. The van der Waals surface area contributed by atoms with Crippen molar-refractivity contribution >= 4 is 34.8 Å². The average molecular weight is 271 g/mol. The molecule has 0 aromatic heterocycles. The number of carbonyl (C=O) groups is 2. The molecule has 6 heteroatoms. The lowest BCUT2D eigenvalue weighted by molar-refractivity contribution is -0.119. The van der Waals surface area contributed by atoms with Crippen LogP contribution in [0, 0.1) is 0 Å². The number of hydrogen-bond acceptors (Lipinski definition) is 3. The molecule has 5 nitrogen and oxygen atoms in total. The van der Waals surface area contributed by atoms with Gasteiger partial charge in [-0.2, -0.15) is 0 Å². The van der Waals surface area contributed by atoms with E-state index in [1.54, 1.807) is 24.3 Å². The number of halogens is 1. The fourth-order valence-electron chi connectivity index (χ4n) is 1.31. The number of amides is 2. The molecule has 98 valence electrons. The Balaban J connectivity index is 2.61. The van der Waals surface area contributed by atoms with Crippen molar-refractivity contribution in [1.29, 1.82) is 0 Å². The number of alkyl halides is 1. The highest BCUT2D eigenvalue weighted by Gasteiger charge is 2.04. The third-order valence-corrected chi connectivity index (χ3v) is 2.22. The van der Waals surface area contributed by atoms with E-state index in [1.807, 2.05) is 0 Å². The van der Waals surface area contributed by atoms with Crippen molar-refractivity contribution in [2.24, 2.45) is 0 Å². The minimum absolute atomic E-state index is 0.0111. The molecule has 0 fully saturated rings. The molecule has 0 aliphatic carbocycles. The fraction of sp³-hybridized carbons (Fsp3) is 0.333. The van der Waals surface area contributed by atoms with Gasteiger partial charge in [-0.3, -0.25) is 9.59 Å². The van der Waals surface area contributed by atoms with Gasteiger partial charge in [-0.15, -0.1) is 11.6 Å². The van der Waals surface area contributed by atoms with Crippen molar-refractivity contribution in [2.45, 2.75) is 6.42 Å². The summed E-state index contributed by atoms with van der Waals surface area (Å²) in [5.41, 5.74) is 1.21. The fourth-order valence-corrected chi connectivity index (χ4v) is 1.48. The lowest BCUT2D eigenvalue weighted by Gasteiger charge is -2.08. The highest BCUT2D eigenvalue weighted by atomic mass is 35.5. The summed E-state index contributed by atoms with van der Waals surface area (Å²) in [5.74, 6) is -0.136. The average Bonchev–Trinajstić information content (AvgIpc) is 2.29. The van der Waals surface area contributed by atoms with Gasteiger partial charge < -0.3 is 15.4 Å². The van der Waals surface area contributed by atoms with E-state index in [9.17, 15) is 9.59 Å². The van der Waals surface area contributed by atoms with Gasteiger partial charge in [-0.1, -0.05) is 6.07 Å². The predicted molar refractivity (Wildman–Crippen MR) is 70.9 cm³/mol. The summed E-state index contributed by atoms with van der Waals surface area (Å²) < 4.78 is 4.71. The van der Waals surface area contributed by atoms with Crippen LogP contribution >= 0.6 is 11.6 Å². The minimum atomic E-state index is -0.248. The van der Waals surface area contributed by atoms with Crippen LogP contribution in [0.25, 0.3) is 0 Å².